The van der Waals surface area contributed by atoms with Crippen LogP contribution in [0.5, 0.6) is 0 Å². The first-order chi connectivity index (χ1) is 12.8. The smallest absolute Gasteiger partial charge is 0.314 e. The van der Waals surface area contributed by atoms with Gasteiger partial charge in [-0.15, -0.1) is 11.8 Å². The molecule has 3 rings (SSSR count). The van der Waals surface area contributed by atoms with Crippen LogP contribution in [-0.2, 0) is 15.3 Å². The number of hydrogen-bond acceptors (Lipinski definition) is 3. The predicted octanol–water partition coefficient (Wildman–Crippen LogP) is 5.62. The molecule has 0 fully saturated rings. The van der Waals surface area contributed by atoms with Crippen molar-refractivity contribution in [3.63, 3.8) is 0 Å². The van der Waals surface area contributed by atoms with Crippen molar-refractivity contribution in [1.82, 2.24) is 0 Å². The monoisotopic (exact) mass is 362 g/mol. The second-order valence-corrected chi connectivity index (χ2v) is 7.17. The molecular formula is C23H22O2S. The quantitative estimate of drug-likeness (QED) is 0.510. The van der Waals surface area contributed by atoms with E-state index in [2.05, 4.69) is 24.3 Å². The molecule has 0 radical (unpaired) electrons. The summed E-state index contributed by atoms with van der Waals surface area (Å²) >= 11 is 1.77. The van der Waals surface area contributed by atoms with Crippen molar-refractivity contribution in [3.8, 4) is 0 Å². The number of esters is 1. The summed E-state index contributed by atoms with van der Waals surface area (Å²) in [5.41, 5.74) is 3.36. The topological polar surface area (TPSA) is 26.3 Å². The van der Waals surface area contributed by atoms with Gasteiger partial charge in [0.2, 0.25) is 0 Å². The molecule has 0 aliphatic rings. The molecule has 0 aliphatic carbocycles. The Morgan fingerprint density at radius 2 is 1.31 bits per heavy atom. The van der Waals surface area contributed by atoms with E-state index < -0.39 is 0 Å². The first-order valence-electron chi connectivity index (χ1n) is 8.63. The van der Waals surface area contributed by atoms with Crippen LogP contribution in [-0.4, -0.2) is 13.1 Å². The standard InChI is InChI=1S/C23H22O2S/c1-25-23(24)21(19-13-7-3-8-14-19)22(20-15-9-4-10-16-20)26-17-18-11-5-2-6-12-18/h2-16,21-22H,17H2,1H3/t21-,22+/m0/s1. The molecule has 3 heteroatoms. The molecule has 26 heavy (non-hydrogen) atoms. The maximum atomic E-state index is 12.7. The van der Waals surface area contributed by atoms with Gasteiger partial charge in [-0.2, -0.15) is 0 Å². The molecule has 0 unspecified atom stereocenters. The van der Waals surface area contributed by atoms with Crippen LogP contribution in [0.3, 0.4) is 0 Å². The molecule has 3 aromatic rings. The van der Waals surface area contributed by atoms with E-state index in [1.54, 1.807) is 11.8 Å². The lowest BCUT2D eigenvalue weighted by molar-refractivity contribution is -0.142. The van der Waals surface area contributed by atoms with Gasteiger partial charge >= 0.3 is 5.97 Å². The first-order valence-corrected chi connectivity index (χ1v) is 9.67. The van der Waals surface area contributed by atoms with Crippen molar-refractivity contribution in [1.29, 1.82) is 0 Å². The number of thioether (sulfide) groups is 1. The van der Waals surface area contributed by atoms with Gasteiger partial charge < -0.3 is 4.74 Å². The lowest BCUT2D eigenvalue weighted by atomic mass is 9.91. The maximum Gasteiger partial charge on any atom is 0.314 e. The van der Waals surface area contributed by atoms with Gasteiger partial charge in [-0.1, -0.05) is 91.0 Å². The summed E-state index contributed by atoms with van der Waals surface area (Å²) in [4.78, 5) is 12.7. The zero-order valence-corrected chi connectivity index (χ0v) is 15.6. The van der Waals surface area contributed by atoms with Gasteiger partial charge in [-0.05, 0) is 16.7 Å². The number of carbonyl (C=O) groups is 1. The average molecular weight is 362 g/mol. The van der Waals surface area contributed by atoms with Crippen molar-refractivity contribution in [2.24, 2.45) is 0 Å². The van der Waals surface area contributed by atoms with Gasteiger partial charge in [0.15, 0.2) is 0 Å². The molecule has 2 atom stereocenters. The lowest BCUT2D eigenvalue weighted by Crippen LogP contribution is -2.20. The Kier molecular flexibility index (Phi) is 6.50. The minimum absolute atomic E-state index is 0.0220. The number of ether oxygens (including phenoxy) is 1. The SMILES string of the molecule is COC(=O)[C@@H](c1ccccc1)[C@H](SCc1ccccc1)c1ccccc1. The van der Waals surface area contributed by atoms with Crippen molar-refractivity contribution < 1.29 is 9.53 Å². The molecular weight excluding hydrogens is 340 g/mol. The second kappa shape index (κ2) is 9.25. The highest BCUT2D eigenvalue weighted by atomic mass is 32.2. The fourth-order valence-electron chi connectivity index (χ4n) is 3.01. The van der Waals surface area contributed by atoms with Crippen LogP contribution in [0.25, 0.3) is 0 Å². The van der Waals surface area contributed by atoms with Crippen molar-refractivity contribution in [2.45, 2.75) is 16.9 Å². The van der Waals surface area contributed by atoms with Crippen molar-refractivity contribution >= 4 is 17.7 Å². The fourth-order valence-corrected chi connectivity index (χ4v) is 4.38. The lowest BCUT2D eigenvalue weighted by Gasteiger charge is -2.26. The van der Waals surface area contributed by atoms with Gasteiger partial charge in [0.25, 0.3) is 0 Å². The number of benzene rings is 3. The number of carbonyl (C=O) groups excluding carboxylic acids is 1. The normalized spacial score (nSPS) is 13.0. The van der Waals surface area contributed by atoms with E-state index in [4.69, 9.17) is 4.74 Å². The van der Waals surface area contributed by atoms with Gasteiger partial charge in [-0.3, -0.25) is 4.79 Å². The molecule has 0 bridgehead atoms. The molecule has 0 saturated heterocycles. The Morgan fingerprint density at radius 3 is 1.85 bits per heavy atom. The maximum absolute atomic E-state index is 12.7. The zero-order valence-electron chi connectivity index (χ0n) is 14.7. The number of rotatable bonds is 7. The fraction of sp³-hybridized carbons (Fsp3) is 0.174. The summed E-state index contributed by atoms with van der Waals surface area (Å²) in [6, 6.07) is 30.4. The first kappa shape index (κ1) is 18.3. The van der Waals surface area contributed by atoms with Crippen LogP contribution in [0, 0.1) is 0 Å². The van der Waals surface area contributed by atoms with E-state index in [9.17, 15) is 4.79 Å². The number of hydrogen-bond donors (Lipinski definition) is 0. The van der Waals surface area contributed by atoms with E-state index >= 15 is 0 Å². The highest BCUT2D eigenvalue weighted by molar-refractivity contribution is 7.98. The number of methoxy groups -OCH3 is 1. The Morgan fingerprint density at radius 1 is 0.808 bits per heavy atom. The Bertz CT molecular complexity index is 803. The van der Waals surface area contributed by atoms with Crippen molar-refractivity contribution in [2.75, 3.05) is 7.11 Å². The summed E-state index contributed by atoms with van der Waals surface area (Å²) in [6.07, 6.45) is 0. The Balaban J connectivity index is 1.95. The van der Waals surface area contributed by atoms with E-state index in [0.29, 0.717) is 0 Å². The van der Waals surface area contributed by atoms with E-state index in [1.807, 2.05) is 66.7 Å². The molecule has 0 spiro atoms. The molecule has 3 aromatic carbocycles. The molecule has 0 saturated carbocycles. The third-order valence-electron chi connectivity index (χ3n) is 4.32. The van der Waals surface area contributed by atoms with Crippen LogP contribution in [0.2, 0.25) is 0 Å². The van der Waals surface area contributed by atoms with Gasteiger partial charge in [0, 0.05) is 11.0 Å². The van der Waals surface area contributed by atoms with E-state index in [0.717, 1.165) is 16.9 Å². The molecule has 0 aromatic heterocycles. The highest BCUT2D eigenvalue weighted by Crippen LogP contribution is 2.43. The van der Waals surface area contributed by atoms with Crippen LogP contribution >= 0.6 is 11.8 Å². The molecule has 0 N–H and O–H groups in total. The highest BCUT2D eigenvalue weighted by Gasteiger charge is 2.32. The summed E-state index contributed by atoms with van der Waals surface area (Å²) in [6.45, 7) is 0. The molecule has 2 nitrogen and oxygen atoms in total. The summed E-state index contributed by atoms with van der Waals surface area (Å²) in [5.74, 6) is 0.281. The molecule has 0 amide bonds. The Labute approximate surface area is 159 Å². The Hall–Kier alpha value is -2.52. The summed E-state index contributed by atoms with van der Waals surface area (Å²) in [7, 11) is 1.46. The van der Waals surface area contributed by atoms with Crippen molar-refractivity contribution in [3.05, 3.63) is 108 Å². The third kappa shape index (κ3) is 4.55. The summed E-state index contributed by atoms with van der Waals surface area (Å²) in [5, 5.41) is -0.0220. The minimum Gasteiger partial charge on any atom is -0.469 e. The van der Waals surface area contributed by atoms with Crippen LogP contribution in [0.4, 0.5) is 0 Å². The van der Waals surface area contributed by atoms with Crippen LogP contribution < -0.4 is 0 Å². The zero-order chi connectivity index (χ0) is 18.2. The molecule has 132 valence electrons. The van der Waals surface area contributed by atoms with Gasteiger partial charge in [0.05, 0.1) is 13.0 Å². The average Bonchev–Trinajstić information content (AvgIpc) is 2.72. The largest absolute Gasteiger partial charge is 0.469 e. The van der Waals surface area contributed by atoms with Gasteiger partial charge in [0.1, 0.15) is 0 Å². The van der Waals surface area contributed by atoms with Crippen LogP contribution in [0.1, 0.15) is 27.9 Å². The van der Waals surface area contributed by atoms with E-state index in [1.165, 1.54) is 12.7 Å². The van der Waals surface area contributed by atoms with E-state index in [-0.39, 0.29) is 17.1 Å². The van der Waals surface area contributed by atoms with Gasteiger partial charge in [-0.25, -0.2) is 0 Å². The van der Waals surface area contributed by atoms with Crippen LogP contribution in [0.15, 0.2) is 91.0 Å². The molecule has 0 heterocycles. The molecule has 0 aliphatic heterocycles. The second-order valence-electron chi connectivity index (χ2n) is 6.04. The minimum atomic E-state index is -0.350. The third-order valence-corrected chi connectivity index (χ3v) is 5.72. The summed E-state index contributed by atoms with van der Waals surface area (Å²) < 4.78 is 5.17. The predicted molar refractivity (Wildman–Crippen MR) is 108 cm³/mol.